The van der Waals surface area contributed by atoms with Crippen LogP contribution in [-0.2, 0) is 0 Å². The molecule has 0 bridgehead atoms. The van der Waals surface area contributed by atoms with Crippen molar-refractivity contribution in [2.75, 3.05) is 32.7 Å². The quantitative estimate of drug-likeness (QED) is 0.782. The van der Waals surface area contributed by atoms with Gasteiger partial charge >= 0.3 is 0 Å². The van der Waals surface area contributed by atoms with E-state index in [4.69, 9.17) is 5.73 Å². The maximum atomic E-state index is 6.14. The largest absolute Gasteiger partial charge is 0.329 e. The van der Waals surface area contributed by atoms with Crippen LogP contribution < -0.4 is 5.73 Å². The van der Waals surface area contributed by atoms with Crippen LogP contribution in [-0.4, -0.2) is 54.1 Å². The highest BCUT2D eigenvalue weighted by molar-refractivity contribution is 5.04. The minimum absolute atomic E-state index is 0.343. The molecule has 3 aliphatic rings. The molecule has 0 amide bonds. The van der Waals surface area contributed by atoms with E-state index >= 15 is 0 Å². The minimum Gasteiger partial charge on any atom is -0.329 e. The first-order valence-corrected chi connectivity index (χ1v) is 7.49. The van der Waals surface area contributed by atoms with Crippen molar-refractivity contribution in [1.29, 1.82) is 0 Å². The molecule has 1 unspecified atom stereocenters. The summed E-state index contributed by atoms with van der Waals surface area (Å²) < 4.78 is 0. The number of piperazine rings is 1. The Hall–Kier alpha value is -0.120. The number of hydrogen-bond acceptors (Lipinski definition) is 3. The molecule has 3 fully saturated rings. The summed E-state index contributed by atoms with van der Waals surface area (Å²) in [6, 6.07) is 0.937. The Labute approximate surface area is 105 Å². The molecule has 2 N–H and O–H groups in total. The van der Waals surface area contributed by atoms with Gasteiger partial charge in [0.15, 0.2) is 0 Å². The molecule has 3 rings (SSSR count). The number of nitrogens with two attached hydrogens (primary N) is 1. The lowest BCUT2D eigenvalue weighted by Gasteiger charge is -2.48. The maximum Gasteiger partial charge on any atom is 0.0358 e. The van der Waals surface area contributed by atoms with Crippen LogP contribution in [0.5, 0.6) is 0 Å². The van der Waals surface area contributed by atoms with Gasteiger partial charge in [-0.2, -0.15) is 0 Å². The molecule has 1 aliphatic heterocycles. The molecule has 0 radical (unpaired) electrons. The molecule has 1 heterocycles. The van der Waals surface area contributed by atoms with Gasteiger partial charge in [-0.25, -0.2) is 0 Å². The van der Waals surface area contributed by atoms with Crippen LogP contribution in [0.4, 0.5) is 0 Å². The van der Waals surface area contributed by atoms with Gasteiger partial charge in [-0.05, 0) is 38.0 Å². The molecule has 0 aromatic carbocycles. The van der Waals surface area contributed by atoms with Crippen LogP contribution in [0.1, 0.15) is 39.0 Å². The van der Waals surface area contributed by atoms with E-state index in [1.54, 1.807) is 0 Å². The molecule has 3 nitrogen and oxygen atoms in total. The fourth-order valence-electron chi connectivity index (χ4n) is 3.80. The molecule has 2 aliphatic carbocycles. The van der Waals surface area contributed by atoms with Gasteiger partial charge in [0, 0.05) is 44.3 Å². The Morgan fingerprint density at radius 1 is 1.06 bits per heavy atom. The van der Waals surface area contributed by atoms with Crippen LogP contribution in [0.2, 0.25) is 0 Å². The second-order valence-electron chi connectivity index (χ2n) is 6.19. The lowest BCUT2D eigenvalue weighted by atomic mass is 9.87. The van der Waals surface area contributed by atoms with E-state index in [0.717, 1.165) is 18.5 Å². The minimum atomic E-state index is 0.343. The molecule has 0 aromatic rings. The van der Waals surface area contributed by atoms with Gasteiger partial charge in [-0.15, -0.1) is 0 Å². The van der Waals surface area contributed by atoms with Crippen molar-refractivity contribution in [3.05, 3.63) is 0 Å². The zero-order valence-corrected chi connectivity index (χ0v) is 11.2. The van der Waals surface area contributed by atoms with E-state index in [-0.39, 0.29) is 0 Å². The molecule has 3 heteroatoms. The summed E-state index contributed by atoms with van der Waals surface area (Å²) in [6.45, 7) is 8.24. The highest BCUT2D eigenvalue weighted by Crippen LogP contribution is 2.45. The van der Waals surface area contributed by atoms with E-state index in [1.165, 1.54) is 58.3 Å². The summed E-state index contributed by atoms with van der Waals surface area (Å²) in [6.07, 6.45) is 6.94. The molecule has 17 heavy (non-hydrogen) atoms. The van der Waals surface area contributed by atoms with Gasteiger partial charge < -0.3 is 5.73 Å². The van der Waals surface area contributed by atoms with Crippen molar-refractivity contribution in [3.8, 4) is 0 Å². The predicted octanol–water partition coefficient (Wildman–Crippen LogP) is 1.28. The van der Waals surface area contributed by atoms with E-state index in [1.807, 2.05) is 0 Å². The number of nitrogens with zero attached hydrogens (tertiary/aromatic N) is 2. The lowest BCUT2D eigenvalue weighted by Crippen LogP contribution is -2.61. The van der Waals surface area contributed by atoms with Crippen molar-refractivity contribution in [2.45, 2.75) is 50.6 Å². The van der Waals surface area contributed by atoms with E-state index < -0.39 is 0 Å². The van der Waals surface area contributed by atoms with Gasteiger partial charge in [-0.3, -0.25) is 9.80 Å². The molecule has 2 saturated carbocycles. The summed E-state index contributed by atoms with van der Waals surface area (Å²) in [5.41, 5.74) is 6.48. The highest BCUT2D eigenvalue weighted by Gasteiger charge is 2.48. The smallest absolute Gasteiger partial charge is 0.0358 e. The first-order valence-electron chi connectivity index (χ1n) is 7.49. The second-order valence-corrected chi connectivity index (χ2v) is 6.19. The van der Waals surface area contributed by atoms with Gasteiger partial charge in [0.1, 0.15) is 0 Å². The third-order valence-electron chi connectivity index (χ3n) is 5.31. The van der Waals surface area contributed by atoms with Gasteiger partial charge in [0.2, 0.25) is 0 Å². The van der Waals surface area contributed by atoms with Crippen molar-refractivity contribution in [3.63, 3.8) is 0 Å². The first kappa shape index (κ1) is 11.9. The predicted molar refractivity (Wildman–Crippen MR) is 71.0 cm³/mol. The average Bonchev–Trinajstić information content (AvgIpc) is 3.24. The Balaban J connectivity index is 1.62. The van der Waals surface area contributed by atoms with Crippen LogP contribution in [0.15, 0.2) is 0 Å². The van der Waals surface area contributed by atoms with Crippen molar-refractivity contribution < 1.29 is 0 Å². The normalized spacial score (nSPS) is 31.4. The average molecular weight is 237 g/mol. The maximum absolute atomic E-state index is 6.14. The second kappa shape index (κ2) is 4.52. The Morgan fingerprint density at radius 3 is 2.12 bits per heavy atom. The Kier molecular flexibility index (Phi) is 3.18. The summed E-state index contributed by atoms with van der Waals surface area (Å²) in [5.74, 6) is 0.893. The van der Waals surface area contributed by atoms with E-state index in [9.17, 15) is 0 Å². The fraction of sp³-hybridized carbons (Fsp3) is 1.00. The van der Waals surface area contributed by atoms with Crippen LogP contribution in [0.25, 0.3) is 0 Å². The number of hydrogen-bond donors (Lipinski definition) is 1. The van der Waals surface area contributed by atoms with Crippen molar-refractivity contribution >= 4 is 0 Å². The molecule has 1 saturated heterocycles. The fourth-order valence-corrected chi connectivity index (χ4v) is 3.80. The third-order valence-corrected chi connectivity index (χ3v) is 5.31. The zero-order chi connectivity index (χ0) is 11.9. The standard InChI is InChI=1S/C14H27N3/c1-2-14(11-15,12-3-4-12)17-9-7-16(8-10-17)13-5-6-13/h12-13H,2-11,15H2,1H3. The summed E-state index contributed by atoms with van der Waals surface area (Å²) >= 11 is 0. The zero-order valence-electron chi connectivity index (χ0n) is 11.2. The highest BCUT2D eigenvalue weighted by atomic mass is 15.3. The van der Waals surface area contributed by atoms with Crippen LogP contribution >= 0.6 is 0 Å². The monoisotopic (exact) mass is 237 g/mol. The van der Waals surface area contributed by atoms with Crippen LogP contribution in [0.3, 0.4) is 0 Å². The lowest BCUT2D eigenvalue weighted by molar-refractivity contribution is 0.0170. The van der Waals surface area contributed by atoms with Gasteiger partial charge in [0.05, 0.1) is 0 Å². The van der Waals surface area contributed by atoms with E-state index in [2.05, 4.69) is 16.7 Å². The molecular formula is C14H27N3. The third kappa shape index (κ3) is 2.13. The Morgan fingerprint density at radius 2 is 1.71 bits per heavy atom. The SMILES string of the molecule is CCC(CN)(C1CC1)N1CCN(C2CC2)CC1. The molecule has 1 atom stereocenters. The summed E-state index contributed by atoms with van der Waals surface area (Å²) in [5, 5.41) is 0. The molecule has 0 spiro atoms. The van der Waals surface area contributed by atoms with E-state index in [0.29, 0.717) is 5.54 Å². The van der Waals surface area contributed by atoms with Crippen molar-refractivity contribution in [1.82, 2.24) is 9.80 Å². The summed E-state index contributed by atoms with van der Waals surface area (Å²) in [7, 11) is 0. The molecular weight excluding hydrogens is 210 g/mol. The Bertz CT molecular complexity index is 259. The topological polar surface area (TPSA) is 32.5 Å². The van der Waals surface area contributed by atoms with Gasteiger partial charge in [0.25, 0.3) is 0 Å². The molecule has 0 aromatic heterocycles. The molecule has 98 valence electrons. The summed E-state index contributed by atoms with van der Waals surface area (Å²) in [4.78, 5) is 5.42. The van der Waals surface area contributed by atoms with Gasteiger partial charge in [-0.1, -0.05) is 6.92 Å². The van der Waals surface area contributed by atoms with Crippen molar-refractivity contribution in [2.24, 2.45) is 11.7 Å². The van der Waals surface area contributed by atoms with Crippen LogP contribution in [0, 0.1) is 5.92 Å². The first-order chi connectivity index (χ1) is 8.30. The number of rotatable bonds is 5.